The molecule has 2 aromatic rings. The molecule has 0 heterocycles. The second-order valence-electron chi connectivity index (χ2n) is 6.05. The maximum absolute atomic E-state index is 12.5. The summed E-state index contributed by atoms with van der Waals surface area (Å²) in [4.78, 5) is 25.0. The molecule has 0 radical (unpaired) electrons. The lowest BCUT2D eigenvalue weighted by Crippen LogP contribution is -2.23. The van der Waals surface area contributed by atoms with Gasteiger partial charge in [0.15, 0.2) is 0 Å². The molecular formula is C20H19BrO4. The van der Waals surface area contributed by atoms with Gasteiger partial charge in [-0.15, -0.1) is 0 Å². The molecule has 4 nitrogen and oxygen atoms in total. The predicted octanol–water partition coefficient (Wildman–Crippen LogP) is 5.16. The SMILES string of the molecule is O=C(Oc1ccc(Br)cc1)c1ccccc1C(=O)OC1CCCCC1. The Morgan fingerprint density at radius 3 is 2.08 bits per heavy atom. The van der Waals surface area contributed by atoms with Gasteiger partial charge >= 0.3 is 11.9 Å². The van der Waals surface area contributed by atoms with Crippen molar-refractivity contribution in [2.45, 2.75) is 38.2 Å². The summed E-state index contributed by atoms with van der Waals surface area (Å²) >= 11 is 3.33. The molecular weight excluding hydrogens is 384 g/mol. The van der Waals surface area contributed by atoms with Crippen molar-refractivity contribution in [1.29, 1.82) is 0 Å². The van der Waals surface area contributed by atoms with Gasteiger partial charge in [-0.05, 0) is 62.1 Å². The summed E-state index contributed by atoms with van der Waals surface area (Å²) in [5.74, 6) is -0.613. The molecule has 0 saturated heterocycles. The molecule has 0 atom stereocenters. The summed E-state index contributed by atoms with van der Waals surface area (Å²) in [6.45, 7) is 0. The molecule has 0 aromatic heterocycles. The van der Waals surface area contributed by atoms with Crippen molar-refractivity contribution in [2.24, 2.45) is 0 Å². The lowest BCUT2D eigenvalue weighted by atomic mass is 9.97. The first-order chi connectivity index (χ1) is 12.1. The van der Waals surface area contributed by atoms with Gasteiger partial charge in [0.1, 0.15) is 11.9 Å². The number of rotatable bonds is 4. The Bertz CT molecular complexity index is 749. The highest BCUT2D eigenvalue weighted by atomic mass is 79.9. The van der Waals surface area contributed by atoms with Crippen molar-refractivity contribution in [3.8, 4) is 5.75 Å². The number of ether oxygens (including phenoxy) is 2. The molecule has 0 unspecified atom stereocenters. The van der Waals surface area contributed by atoms with E-state index in [4.69, 9.17) is 9.47 Å². The van der Waals surface area contributed by atoms with Crippen molar-refractivity contribution in [2.75, 3.05) is 0 Å². The van der Waals surface area contributed by atoms with E-state index in [2.05, 4.69) is 15.9 Å². The van der Waals surface area contributed by atoms with E-state index in [-0.39, 0.29) is 17.2 Å². The summed E-state index contributed by atoms with van der Waals surface area (Å²) in [7, 11) is 0. The molecule has 3 rings (SSSR count). The van der Waals surface area contributed by atoms with Gasteiger partial charge in [0.25, 0.3) is 0 Å². The van der Waals surface area contributed by atoms with Crippen LogP contribution in [0.5, 0.6) is 5.75 Å². The van der Waals surface area contributed by atoms with E-state index < -0.39 is 11.9 Å². The number of halogens is 1. The van der Waals surface area contributed by atoms with Crippen LogP contribution in [0.1, 0.15) is 52.8 Å². The zero-order valence-corrected chi connectivity index (χ0v) is 15.3. The third-order valence-electron chi connectivity index (χ3n) is 4.22. The van der Waals surface area contributed by atoms with Crippen LogP contribution in [0, 0.1) is 0 Å². The fourth-order valence-electron chi connectivity index (χ4n) is 2.90. The summed E-state index contributed by atoms with van der Waals surface area (Å²) in [5, 5.41) is 0. The summed E-state index contributed by atoms with van der Waals surface area (Å²) in [6.07, 6.45) is 5.05. The third-order valence-corrected chi connectivity index (χ3v) is 4.75. The largest absolute Gasteiger partial charge is 0.459 e. The number of esters is 2. The molecule has 5 heteroatoms. The Morgan fingerprint density at radius 1 is 0.840 bits per heavy atom. The van der Waals surface area contributed by atoms with Crippen LogP contribution < -0.4 is 4.74 Å². The van der Waals surface area contributed by atoms with Crippen molar-refractivity contribution in [3.05, 3.63) is 64.1 Å². The van der Waals surface area contributed by atoms with Crippen molar-refractivity contribution >= 4 is 27.9 Å². The molecule has 1 saturated carbocycles. The minimum absolute atomic E-state index is 0.0585. The second kappa shape index (κ2) is 8.30. The van der Waals surface area contributed by atoms with Gasteiger partial charge < -0.3 is 9.47 Å². The molecule has 0 spiro atoms. The van der Waals surface area contributed by atoms with Crippen LogP contribution in [0.25, 0.3) is 0 Å². The molecule has 0 bridgehead atoms. The first-order valence-electron chi connectivity index (χ1n) is 8.41. The highest BCUT2D eigenvalue weighted by Crippen LogP contribution is 2.23. The van der Waals surface area contributed by atoms with E-state index in [0.29, 0.717) is 5.75 Å². The Labute approximate surface area is 155 Å². The number of benzene rings is 2. The highest BCUT2D eigenvalue weighted by Gasteiger charge is 2.23. The van der Waals surface area contributed by atoms with Crippen LogP contribution >= 0.6 is 15.9 Å². The zero-order valence-electron chi connectivity index (χ0n) is 13.7. The van der Waals surface area contributed by atoms with Crippen LogP contribution in [-0.2, 0) is 4.74 Å². The van der Waals surface area contributed by atoms with Gasteiger partial charge in [-0.2, -0.15) is 0 Å². The average molecular weight is 403 g/mol. The summed E-state index contributed by atoms with van der Waals surface area (Å²) < 4.78 is 11.8. The molecule has 2 aromatic carbocycles. The Kier molecular flexibility index (Phi) is 5.87. The Morgan fingerprint density at radius 2 is 1.44 bits per heavy atom. The number of hydrogen-bond donors (Lipinski definition) is 0. The number of carbonyl (C=O) groups excluding carboxylic acids is 2. The zero-order chi connectivity index (χ0) is 17.6. The minimum Gasteiger partial charge on any atom is -0.459 e. The summed E-state index contributed by atoms with van der Waals surface area (Å²) in [5.41, 5.74) is 0.460. The first kappa shape index (κ1) is 17.7. The highest BCUT2D eigenvalue weighted by molar-refractivity contribution is 9.10. The topological polar surface area (TPSA) is 52.6 Å². The van der Waals surface area contributed by atoms with Crippen LogP contribution in [0.15, 0.2) is 53.0 Å². The van der Waals surface area contributed by atoms with Crippen LogP contribution in [0.3, 0.4) is 0 Å². The van der Waals surface area contributed by atoms with Gasteiger partial charge in [0.2, 0.25) is 0 Å². The van der Waals surface area contributed by atoms with E-state index in [1.54, 1.807) is 48.5 Å². The fourth-order valence-corrected chi connectivity index (χ4v) is 3.17. The van der Waals surface area contributed by atoms with E-state index in [1.165, 1.54) is 6.42 Å². The fraction of sp³-hybridized carbons (Fsp3) is 0.300. The van der Waals surface area contributed by atoms with Gasteiger partial charge in [0, 0.05) is 4.47 Å². The van der Waals surface area contributed by atoms with E-state index in [0.717, 1.165) is 30.2 Å². The Hall–Kier alpha value is -2.14. The van der Waals surface area contributed by atoms with Gasteiger partial charge in [-0.1, -0.05) is 34.5 Å². The van der Waals surface area contributed by atoms with Gasteiger partial charge in [0.05, 0.1) is 11.1 Å². The van der Waals surface area contributed by atoms with Crippen molar-refractivity contribution in [1.82, 2.24) is 0 Å². The van der Waals surface area contributed by atoms with E-state index in [1.807, 2.05) is 0 Å². The third kappa shape index (κ3) is 4.69. The van der Waals surface area contributed by atoms with Crippen LogP contribution in [0.4, 0.5) is 0 Å². The summed E-state index contributed by atoms with van der Waals surface area (Å²) in [6, 6.07) is 13.5. The Balaban J connectivity index is 1.74. The first-order valence-corrected chi connectivity index (χ1v) is 9.20. The average Bonchev–Trinajstić information content (AvgIpc) is 2.64. The maximum Gasteiger partial charge on any atom is 0.344 e. The number of carbonyl (C=O) groups is 2. The van der Waals surface area contributed by atoms with E-state index in [9.17, 15) is 9.59 Å². The van der Waals surface area contributed by atoms with Gasteiger partial charge in [-0.25, -0.2) is 9.59 Å². The minimum atomic E-state index is -0.571. The molecule has 1 fully saturated rings. The number of hydrogen-bond acceptors (Lipinski definition) is 4. The lowest BCUT2D eigenvalue weighted by molar-refractivity contribution is 0.0207. The van der Waals surface area contributed by atoms with Crippen LogP contribution in [0.2, 0.25) is 0 Å². The van der Waals surface area contributed by atoms with E-state index >= 15 is 0 Å². The normalized spacial score (nSPS) is 14.8. The molecule has 0 N–H and O–H groups in total. The lowest BCUT2D eigenvalue weighted by Gasteiger charge is -2.22. The monoisotopic (exact) mass is 402 g/mol. The quantitative estimate of drug-likeness (QED) is 0.523. The second-order valence-corrected chi connectivity index (χ2v) is 6.97. The molecule has 1 aliphatic carbocycles. The smallest absolute Gasteiger partial charge is 0.344 e. The molecule has 25 heavy (non-hydrogen) atoms. The maximum atomic E-state index is 12.5. The van der Waals surface area contributed by atoms with Crippen LogP contribution in [-0.4, -0.2) is 18.0 Å². The molecule has 0 aliphatic heterocycles. The molecule has 130 valence electrons. The molecule has 1 aliphatic rings. The predicted molar refractivity (Wildman–Crippen MR) is 97.8 cm³/mol. The molecule has 0 amide bonds. The van der Waals surface area contributed by atoms with Crippen molar-refractivity contribution < 1.29 is 19.1 Å². The van der Waals surface area contributed by atoms with Gasteiger partial charge in [-0.3, -0.25) is 0 Å². The van der Waals surface area contributed by atoms with Crippen molar-refractivity contribution in [3.63, 3.8) is 0 Å². The standard InChI is InChI=1S/C20H19BrO4/c21-14-10-12-16(13-11-14)25-20(23)18-9-5-4-8-17(18)19(22)24-15-6-2-1-3-7-15/h4-5,8-13,15H,1-3,6-7H2.